The largest absolute Gasteiger partial charge is 0.376 e. The van der Waals surface area contributed by atoms with Crippen molar-refractivity contribution in [2.24, 2.45) is 5.73 Å². The van der Waals surface area contributed by atoms with Crippen LogP contribution in [0.5, 0.6) is 0 Å². The zero-order chi connectivity index (χ0) is 10.5. The van der Waals surface area contributed by atoms with Crippen LogP contribution in [-0.4, -0.2) is 17.7 Å². The molecule has 0 aliphatic heterocycles. The van der Waals surface area contributed by atoms with E-state index in [2.05, 4.69) is 34.6 Å². The molecule has 0 spiro atoms. The predicted octanol–water partition coefficient (Wildman–Crippen LogP) is 2.71. The quantitative estimate of drug-likeness (QED) is 0.718. The van der Waals surface area contributed by atoms with Crippen LogP contribution in [0.25, 0.3) is 0 Å². The lowest BCUT2D eigenvalue weighted by Crippen LogP contribution is -2.40. The molecule has 0 fully saturated rings. The van der Waals surface area contributed by atoms with Gasteiger partial charge in [-0.3, -0.25) is 0 Å². The average molecular weight is 187 g/mol. The van der Waals surface area contributed by atoms with Crippen LogP contribution < -0.4 is 5.73 Å². The van der Waals surface area contributed by atoms with Gasteiger partial charge in [-0.15, -0.1) is 0 Å². The summed E-state index contributed by atoms with van der Waals surface area (Å²) in [7, 11) is 0. The van der Waals surface area contributed by atoms with E-state index in [0.717, 1.165) is 25.9 Å². The Morgan fingerprint density at radius 2 is 1.54 bits per heavy atom. The molecule has 0 aromatic carbocycles. The maximum absolute atomic E-state index is 6.15. The molecule has 2 nitrogen and oxygen atoms in total. The van der Waals surface area contributed by atoms with E-state index in [-0.39, 0.29) is 11.1 Å². The van der Waals surface area contributed by atoms with Gasteiger partial charge in [-0.1, -0.05) is 13.8 Å². The molecule has 0 atom stereocenters. The number of rotatable bonds is 5. The molecular weight excluding hydrogens is 162 g/mol. The zero-order valence-electron chi connectivity index (χ0n) is 9.81. The molecule has 0 radical (unpaired) electrons. The highest BCUT2D eigenvalue weighted by Gasteiger charge is 2.21. The first-order valence-corrected chi connectivity index (χ1v) is 5.26. The van der Waals surface area contributed by atoms with E-state index >= 15 is 0 Å². The van der Waals surface area contributed by atoms with Gasteiger partial charge in [-0.2, -0.15) is 0 Å². The fourth-order valence-corrected chi connectivity index (χ4v) is 1.16. The Hall–Kier alpha value is -0.0800. The van der Waals surface area contributed by atoms with Crippen LogP contribution in [0, 0.1) is 0 Å². The highest BCUT2D eigenvalue weighted by molar-refractivity contribution is 4.80. The minimum atomic E-state index is -0.0393. The highest BCUT2D eigenvalue weighted by Crippen LogP contribution is 2.17. The first-order valence-electron chi connectivity index (χ1n) is 5.26. The van der Waals surface area contributed by atoms with E-state index < -0.39 is 0 Å². The van der Waals surface area contributed by atoms with E-state index in [1.807, 2.05) is 0 Å². The van der Waals surface area contributed by atoms with E-state index in [4.69, 9.17) is 10.5 Å². The number of hydrogen-bond acceptors (Lipinski definition) is 2. The van der Waals surface area contributed by atoms with Gasteiger partial charge < -0.3 is 10.5 Å². The topological polar surface area (TPSA) is 35.2 Å². The van der Waals surface area contributed by atoms with Crippen LogP contribution in [0.15, 0.2) is 0 Å². The summed E-state index contributed by atoms with van der Waals surface area (Å²) in [5, 5.41) is 0. The van der Waals surface area contributed by atoms with Gasteiger partial charge in [0, 0.05) is 12.1 Å². The maximum atomic E-state index is 6.15. The highest BCUT2D eigenvalue weighted by atomic mass is 16.5. The van der Waals surface area contributed by atoms with Crippen molar-refractivity contribution in [3.63, 3.8) is 0 Å². The van der Waals surface area contributed by atoms with Crippen LogP contribution >= 0.6 is 0 Å². The molecule has 80 valence electrons. The van der Waals surface area contributed by atoms with E-state index in [9.17, 15) is 0 Å². The molecule has 0 heterocycles. The molecule has 0 aliphatic rings. The van der Waals surface area contributed by atoms with Crippen LogP contribution in [0.4, 0.5) is 0 Å². The Morgan fingerprint density at radius 1 is 1.08 bits per heavy atom. The van der Waals surface area contributed by atoms with Crippen LogP contribution in [0.3, 0.4) is 0 Å². The van der Waals surface area contributed by atoms with E-state index in [1.165, 1.54) is 0 Å². The number of nitrogens with two attached hydrogens (primary N) is 1. The molecule has 0 aromatic heterocycles. The Kier molecular flexibility index (Phi) is 4.93. The van der Waals surface area contributed by atoms with Gasteiger partial charge in [-0.25, -0.2) is 0 Å². The molecule has 13 heavy (non-hydrogen) atoms. The van der Waals surface area contributed by atoms with Gasteiger partial charge in [0.2, 0.25) is 0 Å². The summed E-state index contributed by atoms with van der Waals surface area (Å²) in [5.74, 6) is 0. The molecule has 0 amide bonds. The third-order valence-electron chi connectivity index (χ3n) is 2.54. The van der Waals surface area contributed by atoms with Crippen LogP contribution in [0.1, 0.15) is 53.9 Å². The van der Waals surface area contributed by atoms with Crippen molar-refractivity contribution in [3.8, 4) is 0 Å². The minimum absolute atomic E-state index is 0.0226. The molecule has 0 saturated heterocycles. The lowest BCUT2D eigenvalue weighted by atomic mass is 9.91. The third-order valence-corrected chi connectivity index (χ3v) is 2.54. The van der Waals surface area contributed by atoms with Crippen molar-refractivity contribution in [2.45, 2.75) is 65.0 Å². The lowest BCUT2D eigenvalue weighted by molar-refractivity contribution is -0.0117. The molecule has 0 aromatic rings. The van der Waals surface area contributed by atoms with Gasteiger partial charge in [0.1, 0.15) is 0 Å². The van der Waals surface area contributed by atoms with Gasteiger partial charge in [-0.05, 0) is 40.0 Å². The monoisotopic (exact) mass is 187 g/mol. The maximum Gasteiger partial charge on any atom is 0.0598 e. The molecule has 0 aliphatic carbocycles. The summed E-state index contributed by atoms with van der Waals surface area (Å²) < 4.78 is 5.65. The lowest BCUT2D eigenvalue weighted by Gasteiger charge is -2.28. The third kappa shape index (κ3) is 6.05. The summed E-state index contributed by atoms with van der Waals surface area (Å²) in [6, 6.07) is 0. The van der Waals surface area contributed by atoms with Crippen molar-refractivity contribution in [1.82, 2.24) is 0 Å². The van der Waals surface area contributed by atoms with E-state index in [1.54, 1.807) is 0 Å². The Morgan fingerprint density at radius 3 is 1.85 bits per heavy atom. The molecule has 2 heteroatoms. The van der Waals surface area contributed by atoms with Gasteiger partial charge in [0.05, 0.1) is 5.60 Å². The SMILES string of the molecule is CCC(N)(CC)CCOC(C)(C)C. The van der Waals surface area contributed by atoms with Crippen molar-refractivity contribution in [3.05, 3.63) is 0 Å². The van der Waals surface area contributed by atoms with Crippen LogP contribution in [0.2, 0.25) is 0 Å². The summed E-state index contributed by atoms with van der Waals surface area (Å²) in [4.78, 5) is 0. The van der Waals surface area contributed by atoms with E-state index in [0.29, 0.717) is 0 Å². The van der Waals surface area contributed by atoms with Gasteiger partial charge >= 0.3 is 0 Å². The van der Waals surface area contributed by atoms with Crippen molar-refractivity contribution < 1.29 is 4.74 Å². The smallest absolute Gasteiger partial charge is 0.0598 e. The number of ether oxygens (including phenoxy) is 1. The molecule has 2 N–H and O–H groups in total. The molecule has 0 rings (SSSR count). The second-order valence-corrected chi connectivity index (χ2v) is 4.78. The van der Waals surface area contributed by atoms with Gasteiger partial charge in [0.15, 0.2) is 0 Å². The van der Waals surface area contributed by atoms with Crippen LogP contribution in [-0.2, 0) is 4.74 Å². The minimum Gasteiger partial charge on any atom is -0.376 e. The molecule has 0 unspecified atom stereocenters. The summed E-state index contributed by atoms with van der Waals surface area (Å²) in [6.45, 7) is 11.3. The normalized spacial score (nSPS) is 13.4. The summed E-state index contributed by atoms with van der Waals surface area (Å²) >= 11 is 0. The average Bonchev–Trinajstić information content (AvgIpc) is 2.02. The summed E-state index contributed by atoms with van der Waals surface area (Å²) in [5.41, 5.74) is 6.08. The first kappa shape index (κ1) is 12.9. The number of hydrogen-bond donors (Lipinski definition) is 1. The van der Waals surface area contributed by atoms with Crippen molar-refractivity contribution in [2.75, 3.05) is 6.61 Å². The molecule has 0 bridgehead atoms. The van der Waals surface area contributed by atoms with Crippen molar-refractivity contribution in [1.29, 1.82) is 0 Å². The standard InChI is InChI=1S/C11H25NO/c1-6-11(12,7-2)8-9-13-10(3,4)5/h6-9,12H2,1-5H3. The van der Waals surface area contributed by atoms with Gasteiger partial charge in [0.25, 0.3) is 0 Å². The fraction of sp³-hybridized carbons (Fsp3) is 1.00. The molecular formula is C11H25NO. The fourth-order valence-electron chi connectivity index (χ4n) is 1.16. The Bertz CT molecular complexity index is 134. The summed E-state index contributed by atoms with van der Waals surface area (Å²) in [6.07, 6.45) is 3.01. The Balaban J connectivity index is 3.74. The second-order valence-electron chi connectivity index (χ2n) is 4.78. The molecule has 0 saturated carbocycles. The first-order chi connectivity index (χ1) is 5.83. The second kappa shape index (κ2) is 4.97. The predicted molar refractivity (Wildman–Crippen MR) is 57.8 cm³/mol. The van der Waals surface area contributed by atoms with Crippen molar-refractivity contribution >= 4 is 0 Å². The Labute approximate surface area is 82.8 Å². The zero-order valence-corrected chi connectivity index (χ0v) is 9.81.